The van der Waals surface area contributed by atoms with E-state index >= 15 is 0 Å². The maximum atomic E-state index is 12.8. The molecule has 1 N–H and O–H groups in total. The average molecular weight is 378 g/mol. The van der Waals surface area contributed by atoms with Gasteiger partial charge in [0.25, 0.3) is 11.1 Å². The van der Waals surface area contributed by atoms with Gasteiger partial charge in [-0.05, 0) is 42.0 Å². The quantitative estimate of drug-likeness (QED) is 0.655. The Kier molecular flexibility index (Phi) is 5.67. The molecule has 0 fully saturated rings. The molecule has 0 aliphatic carbocycles. The SMILES string of the molecule is O=C(NCc1nnc(SCc2ccc(Cl)cc2)o1)c1ccc(F)cc1. The number of carbonyl (C=O) groups is 1. The molecule has 2 aromatic carbocycles. The van der Waals surface area contributed by atoms with E-state index in [0.717, 1.165) is 5.56 Å². The Hall–Kier alpha value is -2.38. The minimum atomic E-state index is -0.393. The number of hydrogen-bond acceptors (Lipinski definition) is 5. The lowest BCUT2D eigenvalue weighted by atomic mass is 10.2. The van der Waals surface area contributed by atoms with Crippen LogP contribution in [0.5, 0.6) is 0 Å². The molecule has 0 spiro atoms. The van der Waals surface area contributed by atoms with Gasteiger partial charge < -0.3 is 9.73 Å². The Morgan fingerprint density at radius 3 is 2.56 bits per heavy atom. The van der Waals surface area contributed by atoms with Crippen LogP contribution in [0.2, 0.25) is 5.02 Å². The van der Waals surface area contributed by atoms with Crippen molar-refractivity contribution >= 4 is 29.3 Å². The molecule has 128 valence electrons. The Morgan fingerprint density at radius 1 is 1.12 bits per heavy atom. The van der Waals surface area contributed by atoms with Crippen molar-refractivity contribution < 1.29 is 13.6 Å². The highest BCUT2D eigenvalue weighted by Gasteiger charge is 2.10. The van der Waals surface area contributed by atoms with Crippen LogP contribution < -0.4 is 5.32 Å². The molecule has 3 rings (SSSR count). The van der Waals surface area contributed by atoms with Crippen molar-refractivity contribution in [1.29, 1.82) is 0 Å². The van der Waals surface area contributed by atoms with E-state index in [2.05, 4.69) is 15.5 Å². The second-order valence-electron chi connectivity index (χ2n) is 5.07. The third-order valence-corrected chi connectivity index (χ3v) is 4.37. The molecule has 1 heterocycles. The summed E-state index contributed by atoms with van der Waals surface area (Å²) in [6.07, 6.45) is 0. The highest BCUT2D eigenvalue weighted by Crippen LogP contribution is 2.22. The van der Waals surface area contributed by atoms with Crippen molar-refractivity contribution in [1.82, 2.24) is 15.5 Å². The molecule has 0 aliphatic heterocycles. The molecule has 1 amide bonds. The fraction of sp³-hybridized carbons (Fsp3) is 0.118. The minimum Gasteiger partial charge on any atom is -0.414 e. The first-order chi connectivity index (χ1) is 12.1. The first-order valence-electron chi connectivity index (χ1n) is 7.33. The normalized spacial score (nSPS) is 10.6. The standard InChI is InChI=1S/C17H13ClFN3O2S/c18-13-5-1-11(2-6-13)10-25-17-22-21-15(24-17)9-20-16(23)12-3-7-14(19)8-4-12/h1-8H,9-10H2,(H,20,23). The minimum absolute atomic E-state index is 0.102. The van der Waals surface area contributed by atoms with E-state index in [1.165, 1.54) is 36.0 Å². The maximum Gasteiger partial charge on any atom is 0.276 e. The van der Waals surface area contributed by atoms with Crippen LogP contribution in [-0.4, -0.2) is 16.1 Å². The third kappa shape index (κ3) is 5.04. The Balaban J connectivity index is 1.50. The molecule has 3 aromatic rings. The number of rotatable bonds is 6. The van der Waals surface area contributed by atoms with E-state index in [9.17, 15) is 9.18 Å². The number of nitrogens with zero attached hydrogens (tertiary/aromatic N) is 2. The highest BCUT2D eigenvalue weighted by molar-refractivity contribution is 7.98. The monoisotopic (exact) mass is 377 g/mol. The molecule has 0 atom stereocenters. The second-order valence-corrected chi connectivity index (χ2v) is 6.43. The van der Waals surface area contributed by atoms with Crippen LogP contribution in [0.25, 0.3) is 0 Å². The van der Waals surface area contributed by atoms with Crippen molar-refractivity contribution in [3.05, 3.63) is 76.4 Å². The van der Waals surface area contributed by atoms with Gasteiger partial charge in [0.1, 0.15) is 5.82 Å². The number of aromatic nitrogens is 2. The molecule has 8 heteroatoms. The van der Waals surface area contributed by atoms with Crippen LogP contribution in [-0.2, 0) is 12.3 Å². The lowest BCUT2D eigenvalue weighted by Gasteiger charge is -2.02. The van der Waals surface area contributed by atoms with Crippen LogP contribution in [0.3, 0.4) is 0 Å². The van der Waals surface area contributed by atoms with Crippen LogP contribution in [0.4, 0.5) is 4.39 Å². The van der Waals surface area contributed by atoms with Crippen LogP contribution in [0.15, 0.2) is 58.2 Å². The van der Waals surface area contributed by atoms with Crippen LogP contribution in [0, 0.1) is 5.82 Å². The van der Waals surface area contributed by atoms with E-state index in [1.54, 1.807) is 0 Å². The molecular formula is C17H13ClFN3O2S. The van der Waals surface area contributed by atoms with Crippen molar-refractivity contribution in [3.63, 3.8) is 0 Å². The summed E-state index contributed by atoms with van der Waals surface area (Å²) in [6.45, 7) is 0.102. The molecule has 25 heavy (non-hydrogen) atoms. The molecule has 0 radical (unpaired) electrons. The largest absolute Gasteiger partial charge is 0.414 e. The molecule has 0 unspecified atom stereocenters. The predicted octanol–water partition coefficient (Wildman–Crippen LogP) is 4.08. The first-order valence-corrected chi connectivity index (χ1v) is 8.70. The van der Waals surface area contributed by atoms with Crippen molar-refractivity contribution in [2.45, 2.75) is 17.5 Å². The summed E-state index contributed by atoms with van der Waals surface area (Å²) in [4.78, 5) is 11.9. The summed E-state index contributed by atoms with van der Waals surface area (Å²) in [7, 11) is 0. The van der Waals surface area contributed by atoms with Crippen LogP contribution in [0.1, 0.15) is 21.8 Å². The number of nitrogens with one attached hydrogen (secondary N) is 1. The summed E-state index contributed by atoms with van der Waals surface area (Å²) < 4.78 is 18.3. The van der Waals surface area contributed by atoms with Gasteiger partial charge in [0.05, 0.1) is 6.54 Å². The number of hydrogen-bond donors (Lipinski definition) is 1. The molecule has 0 bridgehead atoms. The van der Waals surface area contributed by atoms with Gasteiger partial charge in [0.2, 0.25) is 5.89 Å². The lowest BCUT2D eigenvalue weighted by molar-refractivity contribution is 0.0946. The molecule has 0 aliphatic rings. The lowest BCUT2D eigenvalue weighted by Crippen LogP contribution is -2.22. The summed E-state index contributed by atoms with van der Waals surface area (Å²) in [5.74, 6) is 0.235. The summed E-state index contributed by atoms with van der Waals surface area (Å²) in [5.41, 5.74) is 1.44. The topological polar surface area (TPSA) is 68.0 Å². The third-order valence-electron chi connectivity index (χ3n) is 3.23. The predicted molar refractivity (Wildman–Crippen MR) is 92.9 cm³/mol. The maximum absolute atomic E-state index is 12.8. The zero-order valence-corrected chi connectivity index (χ0v) is 14.5. The van der Waals surface area contributed by atoms with E-state index in [0.29, 0.717) is 27.5 Å². The number of amides is 1. The summed E-state index contributed by atoms with van der Waals surface area (Å²) >= 11 is 7.24. The van der Waals surface area contributed by atoms with E-state index in [4.69, 9.17) is 16.0 Å². The fourth-order valence-electron chi connectivity index (χ4n) is 1.95. The zero-order valence-electron chi connectivity index (χ0n) is 12.9. The van der Waals surface area contributed by atoms with Gasteiger partial charge >= 0.3 is 0 Å². The Labute approximate surface area is 152 Å². The number of thioether (sulfide) groups is 1. The van der Waals surface area contributed by atoms with Gasteiger partial charge in [-0.1, -0.05) is 35.5 Å². The number of carbonyl (C=O) groups excluding carboxylic acids is 1. The van der Waals surface area contributed by atoms with Gasteiger partial charge in [0, 0.05) is 16.3 Å². The van der Waals surface area contributed by atoms with Gasteiger partial charge in [-0.3, -0.25) is 4.79 Å². The summed E-state index contributed by atoms with van der Waals surface area (Å²) in [6, 6.07) is 12.8. The van der Waals surface area contributed by atoms with Crippen molar-refractivity contribution in [2.75, 3.05) is 0 Å². The first kappa shape index (κ1) is 17.4. The molecular weight excluding hydrogens is 365 g/mol. The van der Waals surface area contributed by atoms with Crippen molar-refractivity contribution in [2.24, 2.45) is 0 Å². The fourth-order valence-corrected chi connectivity index (χ4v) is 2.82. The second kappa shape index (κ2) is 8.13. The molecule has 0 saturated carbocycles. The molecule has 0 saturated heterocycles. The molecule has 5 nitrogen and oxygen atoms in total. The van der Waals surface area contributed by atoms with Crippen molar-refractivity contribution in [3.8, 4) is 0 Å². The van der Waals surface area contributed by atoms with Crippen LogP contribution >= 0.6 is 23.4 Å². The van der Waals surface area contributed by atoms with Gasteiger partial charge in [0.15, 0.2) is 0 Å². The van der Waals surface area contributed by atoms with E-state index in [1.807, 2.05) is 24.3 Å². The van der Waals surface area contributed by atoms with Gasteiger partial charge in [-0.25, -0.2) is 4.39 Å². The summed E-state index contributed by atoms with van der Waals surface area (Å²) in [5, 5.41) is 11.6. The van der Waals surface area contributed by atoms with Gasteiger partial charge in [-0.2, -0.15) is 0 Å². The Morgan fingerprint density at radius 2 is 1.84 bits per heavy atom. The van der Waals surface area contributed by atoms with Gasteiger partial charge in [-0.15, -0.1) is 10.2 Å². The highest BCUT2D eigenvalue weighted by atomic mass is 35.5. The molecule has 1 aromatic heterocycles. The van der Waals surface area contributed by atoms with E-state index < -0.39 is 5.82 Å². The Bertz CT molecular complexity index is 853. The average Bonchev–Trinajstić information content (AvgIpc) is 3.08. The smallest absolute Gasteiger partial charge is 0.276 e. The number of benzene rings is 2. The van der Waals surface area contributed by atoms with E-state index in [-0.39, 0.29) is 12.5 Å². The zero-order chi connectivity index (χ0) is 17.6. The number of halogens is 2.